The van der Waals surface area contributed by atoms with Gasteiger partial charge < -0.3 is 5.32 Å². The molecule has 1 aromatic carbocycles. The third-order valence-electron chi connectivity index (χ3n) is 3.12. The van der Waals surface area contributed by atoms with Gasteiger partial charge in [-0.1, -0.05) is 32.9 Å². The van der Waals surface area contributed by atoms with Crippen molar-refractivity contribution in [2.75, 3.05) is 5.32 Å². The highest BCUT2D eigenvalue weighted by atomic mass is 19.4. The van der Waals surface area contributed by atoms with Gasteiger partial charge in [-0.25, -0.2) is 0 Å². The van der Waals surface area contributed by atoms with Gasteiger partial charge in [0.15, 0.2) is 0 Å². The monoisotopic (exact) mass is 299 g/mol. The molecule has 0 fully saturated rings. The average molecular weight is 299 g/mol. The number of carbonyl (C=O) groups is 1. The van der Waals surface area contributed by atoms with Crippen molar-refractivity contribution in [3.63, 3.8) is 0 Å². The first-order valence-corrected chi connectivity index (χ1v) is 6.63. The number of allylic oxidation sites excluding steroid dienone is 2. The van der Waals surface area contributed by atoms with Crippen LogP contribution in [-0.4, -0.2) is 5.91 Å². The average Bonchev–Trinajstić information content (AvgIpc) is 2.35. The minimum atomic E-state index is -4.47. The first-order valence-electron chi connectivity index (χ1n) is 6.63. The smallest absolute Gasteiger partial charge is 0.326 e. The van der Waals surface area contributed by atoms with E-state index in [0.29, 0.717) is 5.57 Å². The first kappa shape index (κ1) is 17.3. The van der Waals surface area contributed by atoms with E-state index in [1.54, 1.807) is 40.7 Å². The molecule has 0 heterocycles. The molecule has 0 aromatic heterocycles. The summed E-state index contributed by atoms with van der Waals surface area (Å²) in [6, 6.07) is 3.85. The summed E-state index contributed by atoms with van der Waals surface area (Å²) < 4.78 is 39.5. The van der Waals surface area contributed by atoms with Crippen LogP contribution in [0.15, 0.2) is 24.3 Å². The Morgan fingerprint density at radius 2 is 1.76 bits per heavy atom. The van der Waals surface area contributed by atoms with E-state index in [4.69, 9.17) is 0 Å². The van der Waals surface area contributed by atoms with Gasteiger partial charge in [-0.3, -0.25) is 4.79 Å². The maximum Gasteiger partial charge on any atom is 0.417 e. The lowest BCUT2D eigenvalue weighted by Crippen LogP contribution is -2.27. The van der Waals surface area contributed by atoms with Crippen LogP contribution in [-0.2, 0) is 11.0 Å². The van der Waals surface area contributed by atoms with Gasteiger partial charge in [0.2, 0.25) is 5.91 Å². The minimum Gasteiger partial charge on any atom is -0.326 e. The van der Waals surface area contributed by atoms with Crippen LogP contribution in [0.1, 0.15) is 45.7 Å². The second-order valence-corrected chi connectivity index (χ2v) is 5.93. The van der Waals surface area contributed by atoms with Gasteiger partial charge in [-0.05, 0) is 37.1 Å². The fourth-order valence-corrected chi connectivity index (χ4v) is 1.67. The number of alkyl halides is 3. The van der Waals surface area contributed by atoms with Crippen LogP contribution in [0.25, 0.3) is 5.57 Å². The van der Waals surface area contributed by atoms with Crippen molar-refractivity contribution in [1.29, 1.82) is 0 Å². The lowest BCUT2D eigenvalue weighted by Gasteiger charge is -2.19. The summed E-state index contributed by atoms with van der Waals surface area (Å²) in [4.78, 5) is 11.9. The summed E-state index contributed by atoms with van der Waals surface area (Å²) in [7, 11) is 0. The molecule has 0 aliphatic rings. The Balaban J connectivity index is 3.27. The third kappa shape index (κ3) is 4.34. The standard InChI is InChI=1S/C16H20F3NO/c1-6-10(2)12-8-7-11(9-13(12)16(17,18)19)20-14(21)15(3,4)5/h6-9H,1-5H3,(H,20,21)/b10-6-. The Bertz CT molecular complexity index is 566. The van der Waals surface area contributed by atoms with E-state index in [0.717, 1.165) is 6.07 Å². The van der Waals surface area contributed by atoms with Gasteiger partial charge in [0.1, 0.15) is 0 Å². The molecule has 0 saturated heterocycles. The number of benzene rings is 1. The number of amides is 1. The number of hydrogen-bond acceptors (Lipinski definition) is 1. The summed E-state index contributed by atoms with van der Waals surface area (Å²) in [6.45, 7) is 8.41. The molecule has 0 atom stereocenters. The van der Waals surface area contributed by atoms with Crippen LogP contribution in [0.2, 0.25) is 0 Å². The van der Waals surface area contributed by atoms with Crippen LogP contribution < -0.4 is 5.32 Å². The molecule has 0 aliphatic carbocycles. The SMILES string of the molecule is C/C=C(/C)c1ccc(NC(=O)C(C)(C)C)cc1C(F)(F)F. The predicted octanol–water partition coefficient (Wildman–Crippen LogP) is 5.11. The molecule has 0 saturated carbocycles. The van der Waals surface area contributed by atoms with Crippen molar-refractivity contribution in [2.45, 2.75) is 40.8 Å². The number of rotatable bonds is 2. The third-order valence-corrected chi connectivity index (χ3v) is 3.12. The molecular weight excluding hydrogens is 279 g/mol. The molecule has 1 N–H and O–H groups in total. The zero-order chi connectivity index (χ0) is 16.4. The van der Waals surface area contributed by atoms with Gasteiger partial charge in [0.25, 0.3) is 0 Å². The quantitative estimate of drug-likeness (QED) is 0.807. The molecule has 0 unspecified atom stereocenters. The van der Waals surface area contributed by atoms with Crippen LogP contribution in [0.5, 0.6) is 0 Å². The highest BCUT2D eigenvalue weighted by Gasteiger charge is 2.34. The number of nitrogens with one attached hydrogen (secondary N) is 1. The van der Waals surface area contributed by atoms with Crippen LogP contribution in [0, 0.1) is 5.41 Å². The Labute approximate surface area is 123 Å². The van der Waals surface area contributed by atoms with E-state index in [9.17, 15) is 18.0 Å². The predicted molar refractivity (Wildman–Crippen MR) is 78.9 cm³/mol. The number of hydrogen-bond donors (Lipinski definition) is 1. The van der Waals surface area contributed by atoms with E-state index >= 15 is 0 Å². The van der Waals surface area contributed by atoms with Crippen molar-refractivity contribution < 1.29 is 18.0 Å². The summed E-state index contributed by atoms with van der Waals surface area (Å²) >= 11 is 0. The topological polar surface area (TPSA) is 29.1 Å². The van der Waals surface area contributed by atoms with E-state index in [1.165, 1.54) is 12.1 Å². The van der Waals surface area contributed by atoms with Crippen molar-refractivity contribution in [2.24, 2.45) is 5.41 Å². The lowest BCUT2D eigenvalue weighted by atomic mass is 9.95. The van der Waals surface area contributed by atoms with Crippen molar-refractivity contribution in [1.82, 2.24) is 0 Å². The van der Waals surface area contributed by atoms with E-state index < -0.39 is 17.2 Å². The molecule has 1 amide bonds. The first-order chi connectivity index (χ1) is 9.46. The van der Waals surface area contributed by atoms with E-state index in [2.05, 4.69) is 5.32 Å². The molecule has 0 spiro atoms. The van der Waals surface area contributed by atoms with Crippen molar-refractivity contribution in [3.8, 4) is 0 Å². The van der Waals surface area contributed by atoms with E-state index in [1.807, 2.05) is 0 Å². The van der Waals surface area contributed by atoms with Gasteiger partial charge >= 0.3 is 6.18 Å². The van der Waals surface area contributed by atoms with Gasteiger partial charge in [-0.15, -0.1) is 0 Å². The van der Waals surface area contributed by atoms with Crippen LogP contribution >= 0.6 is 0 Å². The molecule has 116 valence electrons. The molecule has 1 rings (SSSR count). The van der Waals surface area contributed by atoms with Crippen molar-refractivity contribution >= 4 is 17.2 Å². The summed E-state index contributed by atoms with van der Waals surface area (Å²) in [5, 5.41) is 2.52. The molecular formula is C16H20F3NO. The second-order valence-electron chi connectivity index (χ2n) is 5.93. The molecule has 21 heavy (non-hydrogen) atoms. The number of anilines is 1. The molecule has 0 radical (unpaired) electrons. The maximum atomic E-state index is 13.2. The maximum absolute atomic E-state index is 13.2. The normalized spacial score (nSPS) is 13.2. The Kier molecular flexibility index (Phi) is 4.87. The summed E-state index contributed by atoms with van der Waals surface area (Å²) in [6.07, 6.45) is -2.85. The fraction of sp³-hybridized carbons (Fsp3) is 0.438. The lowest BCUT2D eigenvalue weighted by molar-refractivity contribution is -0.137. The Morgan fingerprint density at radius 3 is 2.19 bits per heavy atom. The summed E-state index contributed by atoms with van der Waals surface area (Å²) in [5.41, 5.74) is -0.606. The van der Waals surface area contributed by atoms with Crippen LogP contribution in [0.3, 0.4) is 0 Å². The highest BCUT2D eigenvalue weighted by Crippen LogP contribution is 2.36. The minimum absolute atomic E-state index is 0.124. The zero-order valence-corrected chi connectivity index (χ0v) is 12.9. The van der Waals surface area contributed by atoms with Crippen molar-refractivity contribution in [3.05, 3.63) is 35.4 Å². The highest BCUT2D eigenvalue weighted by molar-refractivity contribution is 5.94. The van der Waals surface area contributed by atoms with Gasteiger partial charge in [0, 0.05) is 11.1 Å². The molecule has 5 heteroatoms. The Hall–Kier alpha value is -1.78. The zero-order valence-electron chi connectivity index (χ0n) is 12.9. The van der Waals surface area contributed by atoms with Crippen LogP contribution in [0.4, 0.5) is 18.9 Å². The molecule has 0 bridgehead atoms. The van der Waals surface area contributed by atoms with Gasteiger partial charge in [-0.2, -0.15) is 13.2 Å². The molecule has 1 aromatic rings. The van der Waals surface area contributed by atoms with E-state index in [-0.39, 0.29) is 17.2 Å². The largest absolute Gasteiger partial charge is 0.417 e. The Morgan fingerprint density at radius 1 is 1.19 bits per heavy atom. The number of carbonyl (C=O) groups excluding carboxylic acids is 1. The number of halogens is 3. The van der Waals surface area contributed by atoms with Gasteiger partial charge in [0.05, 0.1) is 5.56 Å². The fourth-order valence-electron chi connectivity index (χ4n) is 1.67. The second kappa shape index (κ2) is 5.92. The molecule has 0 aliphatic heterocycles. The molecule has 2 nitrogen and oxygen atoms in total. The summed E-state index contributed by atoms with van der Waals surface area (Å²) in [5.74, 6) is -0.328.